The first-order valence-electron chi connectivity index (χ1n) is 12.8. The quantitative estimate of drug-likeness (QED) is 0.475. The molecule has 0 aliphatic heterocycles. The van der Waals surface area contributed by atoms with Crippen LogP contribution in [0.4, 0.5) is 4.79 Å². The molecule has 5 rings (SSSR count). The molecule has 1 aromatic heterocycles. The molecule has 2 atom stereocenters. The normalized spacial score (nSPS) is 28.9. The van der Waals surface area contributed by atoms with Gasteiger partial charge in [-0.1, -0.05) is 0 Å². The number of aromatic nitrogens is 2. The van der Waals surface area contributed by atoms with E-state index in [1.54, 1.807) is 6.20 Å². The molecule has 0 spiro atoms. The van der Waals surface area contributed by atoms with Crippen LogP contribution in [0.25, 0.3) is 6.20 Å². The number of nitrogens with zero attached hydrogens (tertiary/aromatic N) is 2. The molecule has 4 N–H and O–H groups in total. The number of hydrogen-bond acceptors (Lipinski definition) is 6. The van der Waals surface area contributed by atoms with Crippen LogP contribution in [0, 0.1) is 23.2 Å². The van der Waals surface area contributed by atoms with Gasteiger partial charge in [0.1, 0.15) is 5.56 Å². The summed E-state index contributed by atoms with van der Waals surface area (Å²) in [5, 5.41) is 10.5. The van der Waals surface area contributed by atoms with Crippen molar-refractivity contribution in [3.63, 3.8) is 0 Å². The maximum atomic E-state index is 13.5. The Balaban J connectivity index is 1.50. The predicted molar refractivity (Wildman–Crippen MR) is 134 cm³/mol. The SMILES string of the molecule is CC(=O)NC(C)(C)/C=C/n1ncc(C(=O)N[C@H]2C3CC4CC2C[C@](COC(N)=O)(C4)C3)c1OC(C)C. The molecule has 2 unspecified atom stereocenters. The molecule has 10 nitrogen and oxygen atoms in total. The molecule has 4 saturated carbocycles. The Morgan fingerprint density at radius 3 is 2.50 bits per heavy atom. The van der Waals surface area contributed by atoms with Gasteiger partial charge in [0.2, 0.25) is 11.8 Å². The Morgan fingerprint density at radius 2 is 1.92 bits per heavy atom. The van der Waals surface area contributed by atoms with Gasteiger partial charge in [-0.2, -0.15) is 5.10 Å². The summed E-state index contributed by atoms with van der Waals surface area (Å²) < 4.78 is 12.8. The molecule has 0 aromatic carbocycles. The minimum absolute atomic E-state index is 0.0188. The summed E-state index contributed by atoms with van der Waals surface area (Å²) >= 11 is 0. The van der Waals surface area contributed by atoms with E-state index in [1.807, 2.05) is 33.8 Å². The number of amides is 3. The van der Waals surface area contributed by atoms with Crippen LogP contribution in [-0.4, -0.2) is 52.0 Å². The molecule has 36 heavy (non-hydrogen) atoms. The number of rotatable bonds is 9. The van der Waals surface area contributed by atoms with Crippen LogP contribution in [0.2, 0.25) is 0 Å². The van der Waals surface area contributed by atoms with Crippen LogP contribution in [0.15, 0.2) is 12.3 Å². The molecule has 198 valence electrons. The third-order valence-electron chi connectivity index (χ3n) is 7.69. The van der Waals surface area contributed by atoms with Gasteiger partial charge >= 0.3 is 6.09 Å². The van der Waals surface area contributed by atoms with Gasteiger partial charge in [0, 0.05) is 24.6 Å². The van der Waals surface area contributed by atoms with Crippen molar-refractivity contribution >= 4 is 24.1 Å². The Hall–Kier alpha value is -3.04. The van der Waals surface area contributed by atoms with Crippen LogP contribution < -0.4 is 21.1 Å². The number of primary amides is 1. The Bertz CT molecular complexity index is 1030. The highest BCUT2D eigenvalue weighted by Gasteiger charge is 2.56. The van der Waals surface area contributed by atoms with E-state index in [9.17, 15) is 14.4 Å². The number of hydrogen-bond donors (Lipinski definition) is 3. The lowest BCUT2D eigenvalue weighted by molar-refractivity contribution is -0.120. The Kier molecular flexibility index (Phi) is 7.07. The first-order chi connectivity index (χ1) is 16.9. The van der Waals surface area contributed by atoms with E-state index < -0.39 is 11.6 Å². The minimum atomic E-state index is -0.722. The number of carbonyl (C=O) groups is 3. The zero-order chi connectivity index (χ0) is 26.3. The highest BCUT2D eigenvalue weighted by molar-refractivity contribution is 5.96. The monoisotopic (exact) mass is 501 g/mol. The fourth-order valence-corrected chi connectivity index (χ4v) is 6.76. The molecular formula is C26H39N5O5. The topological polar surface area (TPSA) is 138 Å². The van der Waals surface area contributed by atoms with Crippen molar-refractivity contribution in [3.05, 3.63) is 17.8 Å². The zero-order valence-corrected chi connectivity index (χ0v) is 21.9. The first kappa shape index (κ1) is 26.0. The van der Waals surface area contributed by atoms with Crippen LogP contribution in [-0.2, 0) is 9.53 Å². The minimum Gasteiger partial charge on any atom is -0.474 e. The summed E-state index contributed by atoms with van der Waals surface area (Å²) in [6.45, 7) is 9.38. The van der Waals surface area contributed by atoms with Crippen molar-refractivity contribution < 1.29 is 23.9 Å². The van der Waals surface area contributed by atoms with E-state index in [0.717, 1.165) is 32.1 Å². The van der Waals surface area contributed by atoms with E-state index in [1.165, 1.54) is 17.8 Å². The average Bonchev–Trinajstić information content (AvgIpc) is 3.14. The third kappa shape index (κ3) is 5.68. The molecule has 0 saturated heterocycles. The molecule has 4 bridgehead atoms. The Labute approximate surface area is 212 Å². The number of ether oxygens (including phenoxy) is 2. The van der Waals surface area contributed by atoms with Gasteiger partial charge in [-0.15, -0.1) is 0 Å². The molecule has 4 aliphatic carbocycles. The highest BCUT2D eigenvalue weighted by Crippen LogP contribution is 2.60. The molecular weight excluding hydrogens is 462 g/mol. The van der Waals surface area contributed by atoms with Gasteiger partial charge in [-0.25, -0.2) is 9.48 Å². The summed E-state index contributed by atoms with van der Waals surface area (Å²) in [7, 11) is 0. The average molecular weight is 502 g/mol. The van der Waals surface area contributed by atoms with E-state index >= 15 is 0 Å². The number of carbonyl (C=O) groups excluding carboxylic acids is 3. The van der Waals surface area contributed by atoms with Crippen LogP contribution in [0.5, 0.6) is 5.88 Å². The molecule has 4 aliphatic rings. The van der Waals surface area contributed by atoms with Crippen molar-refractivity contribution in [2.45, 2.75) is 84.4 Å². The fourth-order valence-electron chi connectivity index (χ4n) is 6.76. The van der Waals surface area contributed by atoms with Gasteiger partial charge in [0.25, 0.3) is 5.91 Å². The fraction of sp³-hybridized carbons (Fsp3) is 0.692. The summed E-state index contributed by atoms with van der Waals surface area (Å²) in [5.41, 5.74) is 5.00. The van der Waals surface area contributed by atoms with Crippen molar-refractivity contribution in [3.8, 4) is 5.88 Å². The lowest BCUT2D eigenvalue weighted by Gasteiger charge is -2.59. The molecule has 1 aromatic rings. The number of nitrogens with two attached hydrogens (primary N) is 1. The Morgan fingerprint density at radius 1 is 1.25 bits per heavy atom. The van der Waals surface area contributed by atoms with Gasteiger partial charge in [-0.3, -0.25) is 9.59 Å². The van der Waals surface area contributed by atoms with Gasteiger partial charge in [0.05, 0.1) is 24.4 Å². The van der Waals surface area contributed by atoms with Gasteiger partial charge < -0.3 is 25.8 Å². The number of nitrogens with one attached hydrogen (secondary N) is 2. The second kappa shape index (κ2) is 9.78. The summed E-state index contributed by atoms with van der Waals surface area (Å²) in [5.74, 6) is 1.33. The van der Waals surface area contributed by atoms with E-state index in [-0.39, 0.29) is 29.4 Å². The predicted octanol–water partition coefficient (Wildman–Crippen LogP) is 3.08. The maximum absolute atomic E-state index is 13.5. The summed E-state index contributed by atoms with van der Waals surface area (Å²) in [6, 6.07) is 0.0697. The van der Waals surface area contributed by atoms with Crippen LogP contribution >= 0.6 is 0 Å². The highest BCUT2D eigenvalue weighted by atomic mass is 16.5. The van der Waals surface area contributed by atoms with Gasteiger partial charge in [-0.05, 0) is 83.6 Å². The summed E-state index contributed by atoms with van der Waals surface area (Å²) in [6.07, 6.45) is 9.23. The van der Waals surface area contributed by atoms with Crippen molar-refractivity contribution in [2.75, 3.05) is 6.61 Å². The first-order valence-corrected chi connectivity index (χ1v) is 12.8. The van der Waals surface area contributed by atoms with E-state index in [2.05, 4.69) is 15.7 Å². The third-order valence-corrected chi connectivity index (χ3v) is 7.69. The molecule has 4 fully saturated rings. The smallest absolute Gasteiger partial charge is 0.404 e. The van der Waals surface area contributed by atoms with Crippen molar-refractivity contribution in [1.29, 1.82) is 0 Å². The van der Waals surface area contributed by atoms with Gasteiger partial charge in [0.15, 0.2) is 0 Å². The van der Waals surface area contributed by atoms with Crippen molar-refractivity contribution in [1.82, 2.24) is 20.4 Å². The largest absolute Gasteiger partial charge is 0.474 e. The molecule has 1 heterocycles. The standard InChI is InChI=1S/C26H39N5O5/c1-15(2)36-23-20(13-28-31(23)7-6-25(4,5)30-16(3)32)22(33)29-21-18-8-17-9-19(21)12-26(10-17,11-18)14-35-24(27)34/h6-7,13,15,17-19,21H,8-12,14H2,1-5H3,(H2,27,34)(H,29,33)(H,30,32)/b7-6+/t17?,18?,19?,21-,26-. The second-order valence-corrected chi connectivity index (χ2v) is 11.8. The van der Waals surface area contributed by atoms with Crippen molar-refractivity contribution in [2.24, 2.45) is 28.9 Å². The summed E-state index contributed by atoms with van der Waals surface area (Å²) in [4.78, 5) is 36.2. The zero-order valence-electron chi connectivity index (χ0n) is 21.9. The second-order valence-electron chi connectivity index (χ2n) is 11.8. The van der Waals surface area contributed by atoms with E-state index in [0.29, 0.717) is 35.8 Å². The molecule has 3 amide bonds. The maximum Gasteiger partial charge on any atom is 0.404 e. The molecule has 0 radical (unpaired) electrons. The van der Waals surface area contributed by atoms with E-state index in [4.69, 9.17) is 15.2 Å². The lowest BCUT2D eigenvalue weighted by atomic mass is 9.48. The molecule has 10 heteroatoms. The van der Waals surface area contributed by atoms with Crippen LogP contribution in [0.3, 0.4) is 0 Å². The van der Waals surface area contributed by atoms with Crippen LogP contribution in [0.1, 0.15) is 77.1 Å². The lowest BCUT2D eigenvalue weighted by Crippen LogP contribution is -2.60.